The number of hydrogen-bond acceptors (Lipinski definition) is 6. The highest BCUT2D eigenvalue weighted by Crippen LogP contribution is 2.24. The minimum Gasteiger partial charge on any atom is -0.368 e. The fraction of sp³-hybridized carbons (Fsp3) is 0.556. The largest absolute Gasteiger partial charge is 0.368 e. The Bertz CT molecular complexity index is 648. The summed E-state index contributed by atoms with van der Waals surface area (Å²) in [6, 6.07) is 7.97. The number of imide groups is 1. The van der Waals surface area contributed by atoms with Gasteiger partial charge in [-0.2, -0.15) is 0 Å². The zero-order chi connectivity index (χ0) is 18.5. The number of carbonyl (C=O) groups is 2. The molecule has 3 rings (SSSR count). The summed E-state index contributed by atoms with van der Waals surface area (Å²) in [6.07, 6.45) is 1.95. The van der Waals surface area contributed by atoms with E-state index in [0.29, 0.717) is 6.54 Å². The second-order valence-electron chi connectivity index (χ2n) is 6.75. The van der Waals surface area contributed by atoms with Gasteiger partial charge in [-0.1, -0.05) is 12.1 Å². The van der Waals surface area contributed by atoms with E-state index in [9.17, 15) is 9.59 Å². The number of hydrogen-bond donors (Lipinski definition) is 2. The minimum absolute atomic E-state index is 0.188. The van der Waals surface area contributed by atoms with Crippen molar-refractivity contribution >= 4 is 30.3 Å². The molecule has 0 atom stereocenters. The SMILES string of the molecule is CN1C(=O)CNN(CCCCN2CCN(c3ccccc3S)CC2)C1=O. The number of anilines is 1. The standard InChI is InChI=1S/C18H27N5O2S/c1-20-17(24)14-19-23(18(20)25)9-5-4-8-21-10-12-22(13-11-21)15-6-2-3-7-16(15)26/h2-3,6-7,19,26H,4-5,8-14H2,1H3. The number of nitrogens with one attached hydrogen (secondary N) is 1. The molecule has 0 aromatic heterocycles. The molecular weight excluding hydrogens is 350 g/mol. The van der Waals surface area contributed by atoms with Crippen LogP contribution in [-0.4, -0.2) is 79.6 Å². The number of nitrogens with zero attached hydrogens (tertiary/aromatic N) is 4. The summed E-state index contributed by atoms with van der Waals surface area (Å²) >= 11 is 4.55. The second kappa shape index (κ2) is 8.75. The van der Waals surface area contributed by atoms with Crippen LogP contribution in [0.5, 0.6) is 0 Å². The monoisotopic (exact) mass is 377 g/mol. The van der Waals surface area contributed by atoms with Crippen LogP contribution in [0.1, 0.15) is 12.8 Å². The second-order valence-corrected chi connectivity index (χ2v) is 7.23. The van der Waals surface area contributed by atoms with Gasteiger partial charge in [-0.05, 0) is 31.5 Å². The number of unbranched alkanes of at least 4 members (excludes halogenated alkanes) is 1. The first-order valence-corrected chi connectivity index (χ1v) is 9.58. The molecule has 3 amide bonds. The van der Waals surface area contributed by atoms with Gasteiger partial charge in [-0.25, -0.2) is 10.2 Å². The van der Waals surface area contributed by atoms with E-state index in [1.165, 1.54) is 17.6 Å². The Morgan fingerprint density at radius 1 is 1.04 bits per heavy atom. The highest BCUT2D eigenvalue weighted by atomic mass is 32.1. The first kappa shape index (κ1) is 19.0. The molecule has 1 aromatic carbocycles. The lowest BCUT2D eigenvalue weighted by Crippen LogP contribution is -2.59. The maximum absolute atomic E-state index is 12.0. The van der Waals surface area contributed by atoms with Gasteiger partial charge in [0, 0.05) is 44.7 Å². The van der Waals surface area contributed by atoms with E-state index in [1.807, 2.05) is 12.1 Å². The minimum atomic E-state index is -0.264. The molecule has 2 aliphatic rings. The maximum atomic E-state index is 12.0. The molecular formula is C18H27N5O2S. The summed E-state index contributed by atoms with van der Waals surface area (Å²) in [7, 11) is 1.53. The Morgan fingerprint density at radius 2 is 1.73 bits per heavy atom. The third-order valence-corrected chi connectivity index (χ3v) is 5.39. The van der Waals surface area contributed by atoms with Crippen molar-refractivity contribution in [1.82, 2.24) is 20.2 Å². The van der Waals surface area contributed by atoms with Crippen LogP contribution in [0.4, 0.5) is 10.5 Å². The predicted molar refractivity (Wildman–Crippen MR) is 104 cm³/mol. The van der Waals surface area contributed by atoms with E-state index < -0.39 is 0 Å². The fourth-order valence-electron chi connectivity index (χ4n) is 3.36. The van der Waals surface area contributed by atoms with Crippen molar-refractivity contribution < 1.29 is 9.59 Å². The number of benzene rings is 1. The molecule has 0 saturated carbocycles. The van der Waals surface area contributed by atoms with Crippen LogP contribution in [-0.2, 0) is 4.79 Å². The smallest absolute Gasteiger partial charge is 0.340 e. The first-order valence-electron chi connectivity index (χ1n) is 9.13. The molecule has 142 valence electrons. The molecule has 2 heterocycles. The molecule has 1 N–H and O–H groups in total. The molecule has 0 bridgehead atoms. The van der Waals surface area contributed by atoms with Crippen molar-refractivity contribution in [3.8, 4) is 0 Å². The number of hydrazine groups is 1. The number of thiol groups is 1. The van der Waals surface area contributed by atoms with Gasteiger partial charge in [-0.3, -0.25) is 19.6 Å². The van der Waals surface area contributed by atoms with Crippen LogP contribution in [0.15, 0.2) is 29.2 Å². The van der Waals surface area contributed by atoms with Gasteiger partial charge >= 0.3 is 6.03 Å². The summed E-state index contributed by atoms with van der Waals surface area (Å²) in [5.74, 6) is -0.188. The van der Waals surface area contributed by atoms with Crippen molar-refractivity contribution in [1.29, 1.82) is 0 Å². The molecule has 1 aromatic rings. The van der Waals surface area contributed by atoms with Gasteiger partial charge in [0.15, 0.2) is 0 Å². The van der Waals surface area contributed by atoms with Gasteiger partial charge in [0.1, 0.15) is 0 Å². The van der Waals surface area contributed by atoms with E-state index in [4.69, 9.17) is 0 Å². The Hall–Kier alpha value is -1.77. The first-order chi connectivity index (χ1) is 12.6. The van der Waals surface area contributed by atoms with Gasteiger partial charge < -0.3 is 4.90 Å². The topological polar surface area (TPSA) is 59.1 Å². The van der Waals surface area contributed by atoms with E-state index >= 15 is 0 Å². The number of piperazine rings is 1. The average molecular weight is 378 g/mol. The van der Waals surface area contributed by atoms with Gasteiger partial charge in [0.2, 0.25) is 5.91 Å². The zero-order valence-electron chi connectivity index (χ0n) is 15.2. The van der Waals surface area contributed by atoms with Crippen LogP contribution in [0.3, 0.4) is 0 Å². The molecule has 0 radical (unpaired) electrons. The normalized spacial score (nSPS) is 19.4. The highest BCUT2D eigenvalue weighted by molar-refractivity contribution is 7.80. The summed E-state index contributed by atoms with van der Waals surface area (Å²) in [5.41, 5.74) is 4.09. The molecule has 7 nitrogen and oxygen atoms in total. The van der Waals surface area contributed by atoms with Crippen molar-refractivity contribution in [2.45, 2.75) is 17.7 Å². The number of para-hydroxylation sites is 1. The maximum Gasteiger partial charge on any atom is 0.340 e. The van der Waals surface area contributed by atoms with E-state index in [0.717, 1.165) is 50.5 Å². The predicted octanol–water partition coefficient (Wildman–Crippen LogP) is 1.28. The quantitative estimate of drug-likeness (QED) is 0.578. The van der Waals surface area contributed by atoms with Gasteiger partial charge in [-0.15, -0.1) is 12.6 Å². The highest BCUT2D eigenvalue weighted by Gasteiger charge is 2.28. The lowest BCUT2D eigenvalue weighted by Gasteiger charge is -2.37. The summed E-state index contributed by atoms with van der Waals surface area (Å²) in [6.45, 7) is 5.96. The van der Waals surface area contributed by atoms with Crippen molar-refractivity contribution in [3.63, 3.8) is 0 Å². The molecule has 8 heteroatoms. The molecule has 2 aliphatic heterocycles. The Morgan fingerprint density at radius 3 is 2.46 bits per heavy atom. The lowest BCUT2D eigenvalue weighted by atomic mass is 10.2. The Balaban J connectivity index is 1.35. The Kier molecular flexibility index (Phi) is 6.39. The fourth-order valence-corrected chi connectivity index (χ4v) is 3.66. The van der Waals surface area contributed by atoms with E-state index in [1.54, 1.807) is 5.01 Å². The van der Waals surface area contributed by atoms with Crippen LogP contribution in [0, 0.1) is 0 Å². The Labute approximate surface area is 160 Å². The zero-order valence-corrected chi connectivity index (χ0v) is 16.1. The van der Waals surface area contributed by atoms with Crippen LogP contribution >= 0.6 is 12.6 Å². The third kappa shape index (κ3) is 4.49. The van der Waals surface area contributed by atoms with Crippen LogP contribution in [0.2, 0.25) is 0 Å². The lowest BCUT2D eigenvalue weighted by molar-refractivity contribution is -0.130. The molecule has 0 spiro atoms. The molecule has 2 saturated heterocycles. The van der Waals surface area contributed by atoms with Crippen LogP contribution in [0.25, 0.3) is 0 Å². The van der Waals surface area contributed by atoms with Gasteiger partial charge in [0.25, 0.3) is 0 Å². The van der Waals surface area contributed by atoms with Crippen molar-refractivity contribution in [2.75, 3.05) is 57.8 Å². The van der Waals surface area contributed by atoms with Crippen molar-refractivity contribution in [3.05, 3.63) is 24.3 Å². The summed E-state index contributed by atoms with van der Waals surface area (Å²) < 4.78 is 0. The molecule has 26 heavy (non-hydrogen) atoms. The number of likely N-dealkylation sites (N-methyl/N-ethyl adjacent to an activating group) is 1. The number of urea groups is 1. The van der Waals surface area contributed by atoms with Crippen molar-refractivity contribution in [2.24, 2.45) is 0 Å². The molecule has 0 unspecified atom stereocenters. The van der Waals surface area contributed by atoms with E-state index in [-0.39, 0.29) is 18.5 Å². The number of carbonyl (C=O) groups excluding carboxylic acids is 2. The number of rotatable bonds is 6. The molecule has 0 aliphatic carbocycles. The summed E-state index contributed by atoms with van der Waals surface area (Å²) in [5, 5.41) is 1.54. The average Bonchev–Trinajstić information content (AvgIpc) is 2.66. The number of amides is 3. The van der Waals surface area contributed by atoms with Crippen LogP contribution < -0.4 is 10.3 Å². The van der Waals surface area contributed by atoms with Gasteiger partial charge in [0.05, 0.1) is 12.2 Å². The molecule has 2 fully saturated rings. The third-order valence-electron chi connectivity index (χ3n) is 5.01. The summed E-state index contributed by atoms with van der Waals surface area (Å²) in [4.78, 5) is 30.5. The van der Waals surface area contributed by atoms with E-state index in [2.05, 4.69) is 40.0 Å².